The minimum Gasteiger partial charge on any atom is -0.458 e. The second kappa shape index (κ2) is 9.67. The van der Waals surface area contributed by atoms with Crippen molar-refractivity contribution < 1.29 is 38.5 Å². The fourth-order valence-electron chi connectivity index (χ4n) is 3.61. The van der Waals surface area contributed by atoms with Crippen LogP contribution < -0.4 is 0 Å². The number of ketones is 1. The molecule has 0 saturated carbocycles. The van der Waals surface area contributed by atoms with Crippen LogP contribution in [0.4, 0.5) is 0 Å². The molecule has 5 atom stereocenters. The summed E-state index contributed by atoms with van der Waals surface area (Å²) in [6.45, 7) is 5.95. The SMILES string of the molecule is CC(=O)O[C@@]1(C)C(=O)OC/C2=C/CN(C)CC[C@@H](OC(=O)[C@](O)([C@H](C)Cl)C[C@H]1C)C2=O. The van der Waals surface area contributed by atoms with Gasteiger partial charge in [0, 0.05) is 37.9 Å². The number of hydrogen-bond donors (Lipinski definition) is 1. The number of likely N-dealkylation sites (N-methyl/N-ethyl adjacent to an activating group) is 1. The summed E-state index contributed by atoms with van der Waals surface area (Å²) in [6.07, 6.45) is 0.292. The third kappa shape index (κ3) is 5.45. The number of hydrogen-bond acceptors (Lipinski definition) is 9. The Morgan fingerprint density at radius 1 is 1.35 bits per heavy atom. The van der Waals surface area contributed by atoms with Gasteiger partial charge in [-0.1, -0.05) is 13.0 Å². The van der Waals surface area contributed by atoms with Crippen molar-refractivity contribution in [3.63, 3.8) is 0 Å². The number of halogens is 1. The number of ether oxygens (including phenoxy) is 3. The Balaban J connectivity index is 2.56. The zero-order chi connectivity index (χ0) is 23.6. The predicted molar refractivity (Wildman–Crippen MR) is 110 cm³/mol. The lowest BCUT2D eigenvalue weighted by Crippen LogP contribution is -2.56. The van der Waals surface area contributed by atoms with Crippen molar-refractivity contribution in [3.05, 3.63) is 11.6 Å². The van der Waals surface area contributed by atoms with Gasteiger partial charge in [-0.3, -0.25) is 9.59 Å². The Morgan fingerprint density at radius 2 is 2.00 bits per heavy atom. The van der Waals surface area contributed by atoms with E-state index in [9.17, 15) is 24.3 Å². The molecule has 0 amide bonds. The first-order chi connectivity index (χ1) is 14.3. The molecular weight excluding hydrogens is 430 g/mol. The molecule has 174 valence electrons. The summed E-state index contributed by atoms with van der Waals surface area (Å²) in [5.74, 6) is -4.09. The van der Waals surface area contributed by atoms with E-state index in [-0.39, 0.29) is 25.0 Å². The van der Waals surface area contributed by atoms with Crippen LogP contribution in [0.2, 0.25) is 0 Å². The van der Waals surface area contributed by atoms with Gasteiger partial charge in [0.05, 0.1) is 5.38 Å². The summed E-state index contributed by atoms with van der Waals surface area (Å²) in [5.41, 5.74) is -3.91. The molecule has 0 unspecified atom stereocenters. The van der Waals surface area contributed by atoms with Gasteiger partial charge >= 0.3 is 17.9 Å². The van der Waals surface area contributed by atoms with Gasteiger partial charge in [-0.05, 0) is 27.3 Å². The van der Waals surface area contributed by atoms with Crippen LogP contribution in [0.5, 0.6) is 0 Å². The number of carbonyl (C=O) groups excluding carboxylic acids is 4. The lowest BCUT2D eigenvalue weighted by Gasteiger charge is -2.39. The number of fused-ring (bicyclic) bond motifs is 2. The van der Waals surface area contributed by atoms with E-state index in [0.717, 1.165) is 6.92 Å². The third-order valence-electron chi connectivity index (χ3n) is 5.97. The van der Waals surface area contributed by atoms with E-state index in [2.05, 4.69) is 0 Å². The van der Waals surface area contributed by atoms with E-state index in [0.29, 0.717) is 13.1 Å². The standard InChI is InChI=1S/C21H30ClNO8/c1-12-10-21(28,13(2)22)19(27)30-16-7-9-23(5)8-6-15(17(16)25)11-29-18(26)20(12,4)31-14(3)24/h6,12-13,16,28H,7-11H2,1-5H3/b15-6-/t12-,13+,16-,20-,21-/m1/s1. The first kappa shape index (κ1) is 25.3. The Hall–Kier alpha value is -1.97. The number of esters is 3. The van der Waals surface area contributed by atoms with Gasteiger partial charge in [0.25, 0.3) is 0 Å². The third-order valence-corrected chi connectivity index (χ3v) is 6.33. The van der Waals surface area contributed by atoms with Crippen molar-refractivity contribution in [1.29, 1.82) is 0 Å². The van der Waals surface area contributed by atoms with E-state index in [4.69, 9.17) is 25.8 Å². The highest BCUT2D eigenvalue weighted by Gasteiger charge is 2.52. The van der Waals surface area contributed by atoms with Crippen molar-refractivity contribution in [3.8, 4) is 0 Å². The summed E-state index contributed by atoms with van der Waals surface area (Å²) in [4.78, 5) is 52.6. The largest absolute Gasteiger partial charge is 0.458 e. The molecular formula is C21H30ClNO8. The van der Waals surface area contributed by atoms with Gasteiger partial charge < -0.3 is 24.2 Å². The molecule has 0 aromatic heterocycles. The van der Waals surface area contributed by atoms with Crippen molar-refractivity contribution in [2.45, 2.75) is 63.2 Å². The predicted octanol–water partition coefficient (Wildman–Crippen LogP) is 0.992. The van der Waals surface area contributed by atoms with Crippen LogP contribution in [-0.2, 0) is 33.4 Å². The number of alkyl halides is 1. The summed E-state index contributed by atoms with van der Waals surface area (Å²) in [6, 6.07) is 0. The molecule has 0 spiro atoms. The molecule has 2 aliphatic heterocycles. The van der Waals surface area contributed by atoms with E-state index in [1.165, 1.54) is 20.8 Å². The average molecular weight is 460 g/mol. The fraction of sp³-hybridized carbons (Fsp3) is 0.714. The van der Waals surface area contributed by atoms with Crippen molar-refractivity contribution in [1.82, 2.24) is 4.90 Å². The number of carbonyl (C=O) groups is 4. The molecule has 31 heavy (non-hydrogen) atoms. The van der Waals surface area contributed by atoms with Crippen LogP contribution in [0, 0.1) is 5.92 Å². The van der Waals surface area contributed by atoms with Crippen LogP contribution in [0.3, 0.4) is 0 Å². The lowest BCUT2D eigenvalue weighted by molar-refractivity contribution is -0.192. The maximum Gasteiger partial charge on any atom is 0.350 e. The lowest BCUT2D eigenvalue weighted by atomic mass is 9.79. The summed E-state index contributed by atoms with van der Waals surface area (Å²) in [5, 5.41) is 10.0. The van der Waals surface area contributed by atoms with Crippen LogP contribution in [0.25, 0.3) is 0 Å². The van der Waals surface area contributed by atoms with Gasteiger partial charge in [-0.2, -0.15) is 0 Å². The van der Waals surface area contributed by atoms with Crippen molar-refractivity contribution in [2.24, 2.45) is 5.92 Å². The molecule has 2 rings (SSSR count). The molecule has 10 heteroatoms. The molecule has 0 radical (unpaired) electrons. The Labute approximate surface area is 186 Å². The normalized spacial score (nSPS) is 36.4. The quantitative estimate of drug-likeness (QED) is 0.366. The summed E-state index contributed by atoms with van der Waals surface area (Å²) >= 11 is 6.16. The van der Waals surface area contributed by atoms with E-state index >= 15 is 0 Å². The van der Waals surface area contributed by atoms with Gasteiger partial charge in [0.15, 0.2) is 11.7 Å². The van der Waals surface area contributed by atoms with Crippen molar-refractivity contribution >= 4 is 35.3 Å². The Kier molecular flexibility index (Phi) is 7.89. The molecule has 2 bridgehead atoms. The molecule has 1 N–H and O–H groups in total. The number of rotatable bonds is 2. The molecule has 1 fully saturated rings. The molecule has 2 aliphatic rings. The molecule has 0 aromatic carbocycles. The molecule has 0 aromatic rings. The number of nitrogens with zero attached hydrogens (tertiary/aromatic N) is 1. The molecule has 2 heterocycles. The first-order valence-corrected chi connectivity index (χ1v) is 10.6. The minimum absolute atomic E-state index is 0.151. The second-order valence-corrected chi connectivity index (χ2v) is 9.12. The summed E-state index contributed by atoms with van der Waals surface area (Å²) < 4.78 is 16.1. The molecule has 9 nitrogen and oxygen atoms in total. The van der Waals surface area contributed by atoms with Gasteiger partial charge in [0.2, 0.25) is 11.4 Å². The maximum absolute atomic E-state index is 13.0. The fourth-order valence-corrected chi connectivity index (χ4v) is 3.78. The zero-order valence-electron chi connectivity index (χ0n) is 18.5. The van der Waals surface area contributed by atoms with Crippen LogP contribution >= 0.6 is 11.6 Å². The summed E-state index contributed by atoms with van der Waals surface area (Å²) in [7, 11) is 1.83. The maximum atomic E-state index is 13.0. The Morgan fingerprint density at radius 3 is 2.58 bits per heavy atom. The first-order valence-electron chi connectivity index (χ1n) is 10.2. The number of aliphatic hydroxyl groups is 1. The highest BCUT2D eigenvalue weighted by atomic mass is 35.5. The number of Topliss-reactive ketones (excluding diaryl/α,β-unsaturated/α-hetero) is 1. The Bertz CT molecular complexity index is 781. The van der Waals surface area contributed by atoms with E-state index in [1.54, 1.807) is 6.08 Å². The van der Waals surface area contributed by atoms with Crippen molar-refractivity contribution in [2.75, 3.05) is 26.7 Å². The van der Waals surface area contributed by atoms with E-state index < -0.39 is 52.3 Å². The van der Waals surface area contributed by atoms with Gasteiger partial charge in [-0.25, -0.2) is 9.59 Å². The minimum atomic E-state index is -2.24. The van der Waals surface area contributed by atoms with Crippen LogP contribution in [0.15, 0.2) is 11.6 Å². The average Bonchev–Trinajstić information content (AvgIpc) is 2.67. The monoisotopic (exact) mass is 459 g/mol. The van der Waals surface area contributed by atoms with Gasteiger partial charge in [0.1, 0.15) is 6.61 Å². The molecule has 0 aliphatic carbocycles. The topological polar surface area (TPSA) is 119 Å². The zero-order valence-corrected chi connectivity index (χ0v) is 19.2. The molecule has 1 saturated heterocycles. The van der Waals surface area contributed by atoms with E-state index in [1.807, 2.05) is 11.9 Å². The smallest absolute Gasteiger partial charge is 0.350 e. The highest BCUT2D eigenvalue weighted by Crippen LogP contribution is 2.35. The van der Waals surface area contributed by atoms with Gasteiger partial charge in [-0.15, -0.1) is 11.6 Å². The number of cyclic esters (lactones) is 1. The van der Waals surface area contributed by atoms with Crippen LogP contribution in [-0.4, -0.2) is 83.1 Å². The highest BCUT2D eigenvalue weighted by molar-refractivity contribution is 6.23. The van der Waals surface area contributed by atoms with Crippen LogP contribution in [0.1, 0.15) is 40.5 Å². The second-order valence-electron chi connectivity index (χ2n) is 8.46.